The first-order valence-corrected chi connectivity index (χ1v) is 5.29. The van der Waals surface area contributed by atoms with Crippen LogP contribution in [0.2, 0.25) is 5.15 Å². The van der Waals surface area contributed by atoms with Crippen molar-refractivity contribution in [2.75, 3.05) is 6.61 Å². The van der Waals surface area contributed by atoms with E-state index in [1.807, 2.05) is 0 Å². The zero-order valence-corrected chi connectivity index (χ0v) is 9.43. The first-order chi connectivity index (χ1) is 7.10. The molecular formula is C8H8ClNO4S. The van der Waals surface area contributed by atoms with E-state index in [0.717, 1.165) is 4.57 Å². The lowest BCUT2D eigenvalue weighted by molar-refractivity contribution is -0.143. The number of hydrogen-bond donors (Lipinski definition) is 0. The number of halogens is 1. The molecule has 5 nitrogen and oxygen atoms in total. The average molecular weight is 250 g/mol. The van der Waals surface area contributed by atoms with E-state index in [4.69, 9.17) is 11.6 Å². The summed E-state index contributed by atoms with van der Waals surface area (Å²) in [4.78, 5) is 32.5. The van der Waals surface area contributed by atoms with E-state index in [0.29, 0.717) is 17.6 Å². The standard InChI is InChI=1S/C8H8ClNO4S/c1-2-14-6(12)3-10-7(9)5(4-11)15-8(10)13/h4H,2-3H2,1H3. The number of carbonyl (C=O) groups is 2. The zero-order chi connectivity index (χ0) is 11.4. The van der Waals surface area contributed by atoms with Gasteiger partial charge in [-0.25, -0.2) is 0 Å². The third-order valence-corrected chi connectivity index (χ3v) is 2.98. The smallest absolute Gasteiger partial charge is 0.326 e. The molecule has 1 rings (SSSR count). The molecule has 0 amide bonds. The van der Waals surface area contributed by atoms with Gasteiger partial charge in [-0.2, -0.15) is 0 Å². The molecule has 0 aliphatic carbocycles. The highest BCUT2D eigenvalue weighted by atomic mass is 35.5. The number of aldehydes is 1. The second-order valence-corrected chi connectivity index (χ2v) is 3.88. The summed E-state index contributed by atoms with van der Waals surface area (Å²) in [6, 6.07) is 0. The van der Waals surface area contributed by atoms with E-state index >= 15 is 0 Å². The third kappa shape index (κ3) is 2.66. The molecule has 7 heteroatoms. The first-order valence-electron chi connectivity index (χ1n) is 4.10. The van der Waals surface area contributed by atoms with Gasteiger partial charge in [-0.05, 0) is 6.92 Å². The fourth-order valence-electron chi connectivity index (χ4n) is 0.947. The van der Waals surface area contributed by atoms with Crippen LogP contribution in [0.25, 0.3) is 0 Å². The molecule has 0 saturated carbocycles. The van der Waals surface area contributed by atoms with E-state index in [1.165, 1.54) is 0 Å². The molecule has 1 aromatic rings. The Hall–Kier alpha value is -1.14. The summed E-state index contributed by atoms with van der Waals surface area (Å²) in [7, 11) is 0. The highest BCUT2D eigenvalue weighted by Gasteiger charge is 2.15. The molecule has 1 aromatic heterocycles. The summed E-state index contributed by atoms with van der Waals surface area (Å²) in [5.41, 5.74) is 0. The predicted octanol–water partition coefficient (Wildman–Crippen LogP) is 0.939. The summed E-state index contributed by atoms with van der Waals surface area (Å²) in [5.74, 6) is -0.559. The second kappa shape index (κ2) is 5.09. The number of ether oxygens (including phenoxy) is 1. The van der Waals surface area contributed by atoms with Crippen LogP contribution in [0, 0.1) is 0 Å². The molecule has 0 spiro atoms. The van der Waals surface area contributed by atoms with Crippen LogP contribution in [0.15, 0.2) is 4.79 Å². The normalized spacial score (nSPS) is 10.0. The van der Waals surface area contributed by atoms with Crippen LogP contribution in [0.1, 0.15) is 16.6 Å². The molecule has 0 aliphatic rings. The predicted molar refractivity (Wildman–Crippen MR) is 55.6 cm³/mol. The van der Waals surface area contributed by atoms with Gasteiger partial charge in [-0.3, -0.25) is 19.0 Å². The maximum atomic E-state index is 11.3. The minimum absolute atomic E-state index is 0.0203. The van der Waals surface area contributed by atoms with Gasteiger partial charge in [0, 0.05) is 0 Å². The van der Waals surface area contributed by atoms with E-state index in [-0.39, 0.29) is 23.2 Å². The first kappa shape index (κ1) is 11.9. The molecule has 0 aromatic carbocycles. The molecular weight excluding hydrogens is 242 g/mol. The number of rotatable bonds is 4. The second-order valence-electron chi connectivity index (χ2n) is 2.53. The van der Waals surface area contributed by atoms with Crippen molar-refractivity contribution in [3.8, 4) is 0 Å². The highest BCUT2D eigenvalue weighted by Crippen LogP contribution is 2.16. The Bertz CT molecular complexity index is 436. The quantitative estimate of drug-likeness (QED) is 0.588. The van der Waals surface area contributed by atoms with Gasteiger partial charge in [-0.1, -0.05) is 22.9 Å². The van der Waals surface area contributed by atoms with Gasteiger partial charge in [0.15, 0.2) is 6.29 Å². The van der Waals surface area contributed by atoms with Gasteiger partial charge in [-0.15, -0.1) is 0 Å². The van der Waals surface area contributed by atoms with Crippen LogP contribution >= 0.6 is 22.9 Å². The Morgan fingerprint density at radius 1 is 1.67 bits per heavy atom. The zero-order valence-electron chi connectivity index (χ0n) is 7.86. The molecule has 0 atom stereocenters. The Labute approximate surface area is 94.2 Å². The summed E-state index contributed by atoms with van der Waals surface area (Å²) < 4.78 is 5.67. The van der Waals surface area contributed by atoms with Crippen LogP contribution in [-0.2, 0) is 16.1 Å². The molecule has 0 aliphatic heterocycles. The summed E-state index contributed by atoms with van der Waals surface area (Å²) in [5, 5.41) is -0.0203. The minimum Gasteiger partial charge on any atom is -0.465 e. The number of esters is 1. The van der Waals surface area contributed by atoms with Crippen molar-refractivity contribution < 1.29 is 14.3 Å². The summed E-state index contributed by atoms with van der Waals surface area (Å²) in [6.07, 6.45) is 0.482. The monoisotopic (exact) mass is 249 g/mol. The maximum absolute atomic E-state index is 11.3. The van der Waals surface area contributed by atoms with Gasteiger partial charge in [0.1, 0.15) is 16.6 Å². The van der Waals surface area contributed by atoms with Gasteiger partial charge in [0.05, 0.1) is 6.61 Å². The Balaban J connectivity index is 2.95. The molecule has 0 bridgehead atoms. The van der Waals surface area contributed by atoms with E-state index < -0.39 is 10.8 Å². The van der Waals surface area contributed by atoms with Crippen LogP contribution in [0.4, 0.5) is 0 Å². The third-order valence-electron chi connectivity index (χ3n) is 1.56. The van der Waals surface area contributed by atoms with Crippen LogP contribution in [-0.4, -0.2) is 23.4 Å². The van der Waals surface area contributed by atoms with Gasteiger partial charge in [0.25, 0.3) is 0 Å². The molecule has 0 N–H and O–H groups in total. The van der Waals surface area contributed by atoms with Crippen LogP contribution in [0.3, 0.4) is 0 Å². The van der Waals surface area contributed by atoms with Crippen molar-refractivity contribution in [3.05, 3.63) is 19.7 Å². The number of thiazole rings is 1. The number of nitrogens with zero attached hydrogens (tertiary/aromatic N) is 1. The fourth-order valence-corrected chi connectivity index (χ4v) is 1.99. The van der Waals surface area contributed by atoms with Crippen molar-refractivity contribution in [1.29, 1.82) is 0 Å². The molecule has 0 saturated heterocycles. The lowest BCUT2D eigenvalue weighted by Crippen LogP contribution is -2.21. The Morgan fingerprint density at radius 3 is 2.80 bits per heavy atom. The largest absolute Gasteiger partial charge is 0.465 e. The van der Waals surface area contributed by atoms with Crippen molar-refractivity contribution in [3.63, 3.8) is 0 Å². The number of hydrogen-bond acceptors (Lipinski definition) is 5. The van der Waals surface area contributed by atoms with E-state index in [1.54, 1.807) is 6.92 Å². The van der Waals surface area contributed by atoms with Crippen molar-refractivity contribution >= 4 is 35.2 Å². The topological polar surface area (TPSA) is 65.4 Å². The molecule has 15 heavy (non-hydrogen) atoms. The van der Waals surface area contributed by atoms with Gasteiger partial charge in [0.2, 0.25) is 0 Å². The van der Waals surface area contributed by atoms with E-state index in [2.05, 4.69) is 4.74 Å². The number of carbonyl (C=O) groups excluding carboxylic acids is 2. The maximum Gasteiger partial charge on any atom is 0.326 e. The Kier molecular flexibility index (Phi) is 4.05. The fraction of sp³-hybridized carbons (Fsp3) is 0.375. The lowest BCUT2D eigenvalue weighted by atomic mass is 10.5. The average Bonchev–Trinajstić information content (AvgIpc) is 2.45. The molecule has 1 heterocycles. The van der Waals surface area contributed by atoms with Gasteiger partial charge < -0.3 is 4.74 Å². The van der Waals surface area contributed by atoms with E-state index in [9.17, 15) is 14.4 Å². The molecule has 82 valence electrons. The molecule has 0 unspecified atom stereocenters. The Morgan fingerprint density at radius 2 is 2.33 bits per heavy atom. The van der Waals surface area contributed by atoms with Crippen molar-refractivity contribution in [2.45, 2.75) is 13.5 Å². The van der Waals surface area contributed by atoms with Crippen molar-refractivity contribution in [2.24, 2.45) is 0 Å². The number of aromatic nitrogens is 1. The van der Waals surface area contributed by atoms with Crippen molar-refractivity contribution in [1.82, 2.24) is 4.57 Å². The SMILES string of the molecule is CCOC(=O)Cn1c(Cl)c(C=O)sc1=O. The van der Waals surface area contributed by atoms with Gasteiger partial charge >= 0.3 is 10.8 Å². The highest BCUT2D eigenvalue weighted by molar-refractivity contribution is 7.11. The lowest BCUT2D eigenvalue weighted by Gasteiger charge is -2.02. The summed E-state index contributed by atoms with van der Waals surface area (Å²) >= 11 is 6.41. The minimum atomic E-state index is -0.559. The summed E-state index contributed by atoms with van der Waals surface area (Å²) in [6.45, 7) is 1.62. The molecule has 0 fully saturated rings. The molecule has 0 radical (unpaired) electrons. The van der Waals surface area contributed by atoms with Crippen LogP contribution in [0.5, 0.6) is 0 Å². The van der Waals surface area contributed by atoms with Crippen LogP contribution < -0.4 is 4.87 Å².